The minimum absolute atomic E-state index is 0.220. The lowest BCUT2D eigenvalue weighted by molar-refractivity contribution is -0.138. The third kappa shape index (κ3) is 3.12. The van der Waals surface area contributed by atoms with Gasteiger partial charge < -0.3 is 10.2 Å². The molecule has 1 saturated carbocycles. The highest BCUT2D eigenvalue weighted by Gasteiger charge is 2.39. The molecular weight excluding hydrogens is 244 g/mol. The van der Waals surface area contributed by atoms with Gasteiger partial charge in [0.1, 0.15) is 0 Å². The molecule has 0 atom stereocenters. The zero-order valence-electron chi connectivity index (χ0n) is 11.4. The smallest absolute Gasteiger partial charge is 0.242 e. The summed E-state index contributed by atoms with van der Waals surface area (Å²) in [6.45, 7) is 7.55. The Hall–Kier alpha value is -0.870. The van der Waals surface area contributed by atoms with Gasteiger partial charge >= 0.3 is 0 Å². The number of nitrogens with one attached hydrogen (secondary N) is 1. The minimum Gasteiger partial charge on any atom is -0.334 e. The third-order valence-corrected chi connectivity index (χ3v) is 4.07. The second-order valence-corrected chi connectivity index (χ2v) is 6.23. The van der Waals surface area contributed by atoms with Gasteiger partial charge in [-0.15, -0.1) is 0 Å². The van der Waals surface area contributed by atoms with Gasteiger partial charge in [0.2, 0.25) is 5.91 Å². The number of thiophene rings is 1. The van der Waals surface area contributed by atoms with Crippen molar-refractivity contribution in [3.8, 4) is 0 Å². The third-order valence-electron chi connectivity index (χ3n) is 3.33. The van der Waals surface area contributed by atoms with Gasteiger partial charge in [-0.3, -0.25) is 4.79 Å². The van der Waals surface area contributed by atoms with Crippen molar-refractivity contribution in [2.45, 2.75) is 51.7 Å². The topological polar surface area (TPSA) is 32.3 Å². The Morgan fingerprint density at radius 2 is 2.28 bits per heavy atom. The fourth-order valence-electron chi connectivity index (χ4n) is 2.21. The van der Waals surface area contributed by atoms with E-state index >= 15 is 0 Å². The Labute approximate surface area is 113 Å². The molecule has 4 heteroatoms. The lowest BCUT2D eigenvalue weighted by atomic mass is 10.0. The summed E-state index contributed by atoms with van der Waals surface area (Å²) in [6, 6.07) is 2.56. The van der Waals surface area contributed by atoms with Gasteiger partial charge in [0.25, 0.3) is 0 Å². The standard InChI is InChI=1S/C14H22N2OS/c1-4-15-14(2,3)13(17)16(12-5-6-12)9-11-7-8-18-10-11/h7-8,10,12,15H,4-6,9H2,1-3H3. The number of hydrogen-bond donors (Lipinski definition) is 1. The monoisotopic (exact) mass is 266 g/mol. The molecule has 18 heavy (non-hydrogen) atoms. The van der Waals surface area contributed by atoms with E-state index in [1.165, 1.54) is 5.56 Å². The number of rotatable bonds is 6. The molecule has 0 radical (unpaired) electrons. The van der Waals surface area contributed by atoms with Gasteiger partial charge in [-0.05, 0) is 55.6 Å². The van der Waals surface area contributed by atoms with Crippen LogP contribution in [0.4, 0.5) is 0 Å². The van der Waals surface area contributed by atoms with Crippen LogP contribution in [-0.4, -0.2) is 28.9 Å². The number of amides is 1. The molecule has 1 aromatic rings. The summed E-state index contributed by atoms with van der Waals surface area (Å²) in [4.78, 5) is 14.7. The van der Waals surface area contributed by atoms with Crippen molar-refractivity contribution in [1.82, 2.24) is 10.2 Å². The van der Waals surface area contributed by atoms with Crippen LogP contribution < -0.4 is 5.32 Å². The highest BCUT2D eigenvalue weighted by molar-refractivity contribution is 7.07. The summed E-state index contributed by atoms with van der Waals surface area (Å²) in [5.74, 6) is 0.220. The van der Waals surface area contributed by atoms with Crippen LogP contribution in [0.15, 0.2) is 16.8 Å². The van der Waals surface area contributed by atoms with Crippen LogP contribution in [0.1, 0.15) is 39.2 Å². The van der Waals surface area contributed by atoms with Crippen LogP contribution in [0.25, 0.3) is 0 Å². The van der Waals surface area contributed by atoms with Gasteiger partial charge in [-0.1, -0.05) is 6.92 Å². The first-order valence-corrected chi connectivity index (χ1v) is 7.56. The molecule has 0 bridgehead atoms. The SMILES string of the molecule is CCNC(C)(C)C(=O)N(Cc1ccsc1)C1CC1. The van der Waals surface area contributed by atoms with E-state index in [2.05, 4.69) is 22.1 Å². The largest absolute Gasteiger partial charge is 0.334 e. The maximum atomic E-state index is 12.6. The van der Waals surface area contributed by atoms with Crippen LogP contribution >= 0.6 is 11.3 Å². The Kier molecular flexibility index (Phi) is 4.07. The maximum absolute atomic E-state index is 12.6. The van der Waals surface area contributed by atoms with E-state index in [1.807, 2.05) is 25.7 Å². The molecule has 2 rings (SSSR count). The van der Waals surface area contributed by atoms with E-state index in [0.717, 1.165) is 25.9 Å². The summed E-state index contributed by atoms with van der Waals surface area (Å²) in [5.41, 5.74) is 0.778. The molecule has 100 valence electrons. The Morgan fingerprint density at radius 1 is 1.56 bits per heavy atom. The summed E-state index contributed by atoms with van der Waals surface area (Å²) in [5, 5.41) is 7.47. The number of likely N-dealkylation sites (N-methyl/N-ethyl adjacent to an activating group) is 1. The normalized spacial score (nSPS) is 15.7. The van der Waals surface area contributed by atoms with Gasteiger partial charge in [-0.2, -0.15) is 11.3 Å². The van der Waals surface area contributed by atoms with Crippen LogP contribution in [0.2, 0.25) is 0 Å². The molecule has 0 unspecified atom stereocenters. The van der Waals surface area contributed by atoms with E-state index in [9.17, 15) is 4.79 Å². The molecule has 1 heterocycles. The number of nitrogens with zero attached hydrogens (tertiary/aromatic N) is 1. The molecular formula is C14H22N2OS. The van der Waals surface area contributed by atoms with Crippen LogP contribution in [-0.2, 0) is 11.3 Å². The lowest BCUT2D eigenvalue weighted by Crippen LogP contribution is -2.54. The molecule has 1 amide bonds. The Bertz CT molecular complexity index is 396. The highest BCUT2D eigenvalue weighted by atomic mass is 32.1. The second-order valence-electron chi connectivity index (χ2n) is 5.45. The average Bonchev–Trinajstić information content (AvgIpc) is 3.03. The van der Waals surface area contributed by atoms with Crippen LogP contribution in [0.3, 0.4) is 0 Å². The molecule has 0 aromatic carbocycles. The maximum Gasteiger partial charge on any atom is 0.242 e. The fourth-order valence-corrected chi connectivity index (χ4v) is 2.87. The minimum atomic E-state index is -0.465. The van der Waals surface area contributed by atoms with Gasteiger partial charge in [0, 0.05) is 12.6 Å². The molecule has 1 aromatic heterocycles. The summed E-state index contributed by atoms with van der Waals surface area (Å²) >= 11 is 1.69. The molecule has 3 nitrogen and oxygen atoms in total. The van der Waals surface area contributed by atoms with E-state index in [0.29, 0.717) is 6.04 Å². The number of carbonyl (C=O) groups is 1. The fraction of sp³-hybridized carbons (Fsp3) is 0.643. The summed E-state index contributed by atoms with van der Waals surface area (Å²) in [6.07, 6.45) is 2.30. The molecule has 1 N–H and O–H groups in total. The molecule has 0 aliphatic heterocycles. The first-order chi connectivity index (χ1) is 8.54. The predicted octanol–water partition coefficient (Wildman–Crippen LogP) is 2.63. The van der Waals surface area contributed by atoms with Crippen molar-refractivity contribution >= 4 is 17.2 Å². The van der Waals surface area contributed by atoms with Crippen molar-refractivity contribution < 1.29 is 4.79 Å². The summed E-state index contributed by atoms with van der Waals surface area (Å²) in [7, 11) is 0. The molecule has 0 spiro atoms. The highest BCUT2D eigenvalue weighted by Crippen LogP contribution is 2.30. The van der Waals surface area contributed by atoms with E-state index in [-0.39, 0.29) is 5.91 Å². The van der Waals surface area contributed by atoms with Gasteiger partial charge in [-0.25, -0.2) is 0 Å². The number of hydrogen-bond acceptors (Lipinski definition) is 3. The molecule has 1 aliphatic rings. The van der Waals surface area contributed by atoms with Crippen molar-refractivity contribution in [1.29, 1.82) is 0 Å². The Balaban J connectivity index is 2.07. The van der Waals surface area contributed by atoms with Crippen molar-refractivity contribution in [2.24, 2.45) is 0 Å². The Morgan fingerprint density at radius 3 is 2.78 bits per heavy atom. The zero-order valence-corrected chi connectivity index (χ0v) is 12.2. The number of carbonyl (C=O) groups excluding carboxylic acids is 1. The van der Waals surface area contributed by atoms with E-state index in [4.69, 9.17) is 0 Å². The second kappa shape index (κ2) is 5.41. The van der Waals surface area contributed by atoms with E-state index < -0.39 is 5.54 Å². The van der Waals surface area contributed by atoms with Crippen molar-refractivity contribution in [3.63, 3.8) is 0 Å². The zero-order chi connectivity index (χ0) is 13.2. The van der Waals surface area contributed by atoms with Gasteiger partial charge in [0.05, 0.1) is 5.54 Å². The lowest BCUT2D eigenvalue weighted by Gasteiger charge is -2.32. The van der Waals surface area contributed by atoms with Crippen molar-refractivity contribution in [2.75, 3.05) is 6.54 Å². The van der Waals surface area contributed by atoms with Gasteiger partial charge in [0.15, 0.2) is 0 Å². The summed E-state index contributed by atoms with van der Waals surface area (Å²) < 4.78 is 0. The van der Waals surface area contributed by atoms with E-state index in [1.54, 1.807) is 11.3 Å². The average molecular weight is 266 g/mol. The molecule has 1 fully saturated rings. The molecule has 0 saturated heterocycles. The predicted molar refractivity (Wildman–Crippen MR) is 75.6 cm³/mol. The molecule has 1 aliphatic carbocycles. The van der Waals surface area contributed by atoms with Crippen LogP contribution in [0, 0.1) is 0 Å². The quantitative estimate of drug-likeness (QED) is 0.858. The first-order valence-electron chi connectivity index (χ1n) is 6.61. The van der Waals surface area contributed by atoms with Crippen LogP contribution in [0.5, 0.6) is 0 Å². The first kappa shape index (κ1) is 13.6. The van der Waals surface area contributed by atoms with Crippen molar-refractivity contribution in [3.05, 3.63) is 22.4 Å².